The normalized spacial score (nSPS) is 12.8. The van der Waals surface area contributed by atoms with Gasteiger partial charge in [0.2, 0.25) is 0 Å². The van der Waals surface area contributed by atoms with E-state index in [9.17, 15) is 18.0 Å². The van der Waals surface area contributed by atoms with Gasteiger partial charge < -0.3 is 4.98 Å². The maximum Gasteiger partial charge on any atom is 0.325 e. The van der Waals surface area contributed by atoms with Crippen LogP contribution in [0.2, 0.25) is 0 Å². The van der Waals surface area contributed by atoms with Crippen molar-refractivity contribution in [1.29, 1.82) is 0 Å². The lowest BCUT2D eigenvalue weighted by molar-refractivity contribution is 0.598. The van der Waals surface area contributed by atoms with Crippen LogP contribution in [0.5, 0.6) is 0 Å². The third-order valence-corrected chi connectivity index (χ3v) is 5.22. The molecule has 0 saturated heterocycles. The van der Waals surface area contributed by atoms with Crippen molar-refractivity contribution in [3.8, 4) is 0 Å². The topological polar surface area (TPSA) is 112 Å². The number of rotatable bonds is 5. The molecule has 0 aliphatic heterocycles. The van der Waals surface area contributed by atoms with E-state index in [0.717, 1.165) is 12.0 Å². The van der Waals surface area contributed by atoms with Gasteiger partial charge in [0.1, 0.15) is 0 Å². The van der Waals surface area contributed by atoms with E-state index in [-0.39, 0.29) is 5.69 Å². The summed E-state index contributed by atoms with van der Waals surface area (Å²) in [4.78, 5) is 26.6. The van der Waals surface area contributed by atoms with Crippen molar-refractivity contribution in [2.75, 3.05) is 4.72 Å². The van der Waals surface area contributed by atoms with Gasteiger partial charge in [-0.3, -0.25) is 14.5 Å². The second-order valence-electron chi connectivity index (χ2n) is 5.40. The Morgan fingerprint density at radius 2 is 1.74 bits per heavy atom. The molecule has 2 aromatic rings. The highest BCUT2D eigenvalue weighted by Gasteiger charge is 2.22. The molecule has 1 heterocycles. The van der Waals surface area contributed by atoms with Crippen LogP contribution in [0.1, 0.15) is 37.4 Å². The van der Waals surface area contributed by atoms with Crippen LogP contribution in [-0.2, 0) is 10.0 Å². The van der Waals surface area contributed by atoms with Gasteiger partial charge in [0.05, 0.1) is 0 Å². The molecular weight excluding hydrogens is 318 g/mol. The molecule has 0 aliphatic carbocycles. The summed E-state index contributed by atoms with van der Waals surface area (Å²) in [7, 11) is -4.09. The van der Waals surface area contributed by atoms with Gasteiger partial charge in [-0.05, 0) is 37.0 Å². The first kappa shape index (κ1) is 17.0. The first-order chi connectivity index (χ1) is 10.7. The lowest BCUT2D eigenvalue weighted by atomic mass is 9.99. The SMILES string of the molecule is CC[C@H](C)c1ccc(NS(=O)(=O)c2c(C)[nH]c(=O)[nH]c2=O)cc1. The molecule has 8 heteroatoms. The number of hydrogen-bond acceptors (Lipinski definition) is 4. The van der Waals surface area contributed by atoms with E-state index >= 15 is 0 Å². The Morgan fingerprint density at radius 1 is 1.13 bits per heavy atom. The number of anilines is 1. The number of H-pyrrole nitrogens is 2. The van der Waals surface area contributed by atoms with Crippen molar-refractivity contribution in [1.82, 2.24) is 9.97 Å². The average Bonchev–Trinajstić information content (AvgIpc) is 2.45. The fourth-order valence-electron chi connectivity index (χ4n) is 2.23. The predicted molar refractivity (Wildman–Crippen MR) is 88.4 cm³/mol. The number of sulfonamides is 1. The van der Waals surface area contributed by atoms with Crippen molar-refractivity contribution in [2.24, 2.45) is 0 Å². The largest absolute Gasteiger partial charge is 0.325 e. The van der Waals surface area contributed by atoms with Crippen LogP contribution < -0.4 is 16.0 Å². The van der Waals surface area contributed by atoms with E-state index in [2.05, 4.69) is 23.6 Å². The zero-order chi connectivity index (χ0) is 17.2. The zero-order valence-electron chi connectivity index (χ0n) is 13.1. The van der Waals surface area contributed by atoms with Gasteiger partial charge in [0, 0.05) is 11.4 Å². The van der Waals surface area contributed by atoms with Gasteiger partial charge >= 0.3 is 5.69 Å². The van der Waals surface area contributed by atoms with Crippen LogP contribution in [0, 0.1) is 6.92 Å². The molecule has 1 aromatic carbocycles. The molecule has 1 atom stereocenters. The van der Waals surface area contributed by atoms with Crippen molar-refractivity contribution >= 4 is 15.7 Å². The predicted octanol–water partition coefficient (Wildman–Crippen LogP) is 1.69. The van der Waals surface area contributed by atoms with Crippen LogP contribution >= 0.6 is 0 Å². The van der Waals surface area contributed by atoms with Gasteiger partial charge in [-0.1, -0.05) is 26.0 Å². The van der Waals surface area contributed by atoms with Gasteiger partial charge in [0.15, 0.2) is 4.90 Å². The molecule has 0 radical (unpaired) electrons. The van der Waals surface area contributed by atoms with E-state index in [1.807, 2.05) is 17.1 Å². The fraction of sp³-hybridized carbons (Fsp3) is 0.333. The van der Waals surface area contributed by atoms with Crippen LogP contribution in [0.25, 0.3) is 0 Å². The first-order valence-electron chi connectivity index (χ1n) is 7.20. The van der Waals surface area contributed by atoms with E-state index in [1.54, 1.807) is 12.1 Å². The summed E-state index contributed by atoms with van der Waals surface area (Å²) in [5.74, 6) is 0.380. The molecular formula is C15H19N3O4S. The van der Waals surface area contributed by atoms with Crippen molar-refractivity contribution in [2.45, 2.75) is 38.0 Å². The quantitative estimate of drug-likeness (QED) is 0.770. The molecule has 3 N–H and O–H groups in total. The second-order valence-corrected chi connectivity index (χ2v) is 7.02. The molecule has 1 aromatic heterocycles. The van der Waals surface area contributed by atoms with E-state index < -0.39 is 26.2 Å². The van der Waals surface area contributed by atoms with Crippen LogP contribution in [0.15, 0.2) is 38.8 Å². The third-order valence-electron chi connectivity index (χ3n) is 3.69. The van der Waals surface area contributed by atoms with E-state index in [4.69, 9.17) is 0 Å². The molecule has 0 amide bonds. The molecule has 7 nitrogen and oxygen atoms in total. The summed E-state index contributed by atoms with van der Waals surface area (Å²) < 4.78 is 27.1. The summed E-state index contributed by atoms with van der Waals surface area (Å²) in [6, 6.07) is 6.98. The molecule has 0 saturated carbocycles. The minimum atomic E-state index is -4.09. The number of hydrogen-bond donors (Lipinski definition) is 3. The van der Waals surface area contributed by atoms with Crippen LogP contribution in [-0.4, -0.2) is 18.4 Å². The summed E-state index contributed by atoms with van der Waals surface area (Å²) >= 11 is 0. The van der Waals surface area contributed by atoms with Gasteiger partial charge in [-0.15, -0.1) is 0 Å². The number of nitrogens with one attached hydrogen (secondary N) is 3. The van der Waals surface area contributed by atoms with Gasteiger partial charge in [-0.2, -0.15) is 0 Å². The van der Waals surface area contributed by atoms with Crippen molar-refractivity contribution in [3.05, 3.63) is 56.4 Å². The third kappa shape index (κ3) is 3.70. The molecule has 0 spiro atoms. The maximum absolute atomic E-state index is 12.4. The van der Waals surface area contributed by atoms with E-state index in [1.165, 1.54) is 6.92 Å². The molecule has 2 rings (SSSR count). The molecule has 0 bridgehead atoms. The summed E-state index contributed by atoms with van der Waals surface area (Å²) in [5.41, 5.74) is -0.252. The number of benzene rings is 1. The Bertz CT molecular complexity index is 911. The molecule has 23 heavy (non-hydrogen) atoms. The highest BCUT2D eigenvalue weighted by molar-refractivity contribution is 7.92. The van der Waals surface area contributed by atoms with Gasteiger partial charge in [-0.25, -0.2) is 13.2 Å². The Morgan fingerprint density at radius 3 is 2.26 bits per heavy atom. The van der Waals surface area contributed by atoms with Crippen molar-refractivity contribution < 1.29 is 8.42 Å². The summed E-state index contributed by atoms with van der Waals surface area (Å²) in [5, 5.41) is 0. The number of aryl methyl sites for hydroxylation is 1. The fourth-order valence-corrected chi connectivity index (χ4v) is 3.53. The second kappa shape index (κ2) is 6.41. The summed E-state index contributed by atoms with van der Waals surface area (Å²) in [6.45, 7) is 5.52. The molecule has 0 fully saturated rings. The Hall–Kier alpha value is -2.35. The van der Waals surface area contributed by atoms with Gasteiger partial charge in [0.25, 0.3) is 15.6 Å². The summed E-state index contributed by atoms with van der Waals surface area (Å²) in [6.07, 6.45) is 0.983. The number of aromatic nitrogens is 2. The minimum Gasteiger partial charge on any atom is -0.310 e. The zero-order valence-corrected chi connectivity index (χ0v) is 14.0. The van der Waals surface area contributed by atoms with Crippen LogP contribution in [0.4, 0.5) is 5.69 Å². The standard InChI is InChI=1S/C15H19N3O4S/c1-4-9(2)11-5-7-12(8-6-11)18-23(21,22)13-10(3)16-15(20)17-14(13)19/h5-9,18H,4H2,1-3H3,(H2,16,17,19,20)/t9-/m0/s1. The molecule has 0 unspecified atom stereocenters. The monoisotopic (exact) mass is 337 g/mol. The highest BCUT2D eigenvalue weighted by atomic mass is 32.2. The first-order valence-corrected chi connectivity index (χ1v) is 8.69. The maximum atomic E-state index is 12.4. The Kier molecular flexibility index (Phi) is 4.74. The Labute approximate surface area is 133 Å². The average molecular weight is 337 g/mol. The molecule has 0 aliphatic rings. The molecule has 124 valence electrons. The minimum absolute atomic E-state index is 0.0116. The lowest BCUT2D eigenvalue weighted by Gasteiger charge is -2.12. The highest BCUT2D eigenvalue weighted by Crippen LogP contribution is 2.21. The van der Waals surface area contributed by atoms with E-state index in [0.29, 0.717) is 11.6 Å². The van der Waals surface area contributed by atoms with Crippen LogP contribution in [0.3, 0.4) is 0 Å². The van der Waals surface area contributed by atoms with Crippen molar-refractivity contribution in [3.63, 3.8) is 0 Å². The Balaban J connectivity index is 2.36. The lowest BCUT2D eigenvalue weighted by Crippen LogP contribution is -2.31. The smallest absolute Gasteiger partial charge is 0.310 e. The number of aromatic amines is 2.